The average molecular weight is 355 g/mol. The molecule has 0 aromatic carbocycles. The third-order valence-corrected chi connectivity index (χ3v) is 7.16. The first-order valence-corrected chi connectivity index (χ1v) is 8.24. The van der Waals surface area contributed by atoms with Crippen LogP contribution in [0.4, 0.5) is 0 Å². The van der Waals surface area contributed by atoms with Crippen molar-refractivity contribution in [3.8, 4) is 0 Å². The molecule has 1 aliphatic heterocycles. The molecule has 0 radical (unpaired) electrons. The van der Waals surface area contributed by atoms with Gasteiger partial charge in [-0.25, -0.2) is 8.42 Å². The standard InChI is InChI=1S/C9H11BrN2O4S2/c10-6-1-4-17-9(6)18(15,16)12-3-2-11-5-7(12)8(13)14/h1,4,7,11H,2-3,5H2,(H,13,14). The Labute approximate surface area is 117 Å². The van der Waals surface area contributed by atoms with Gasteiger partial charge in [-0.3, -0.25) is 4.79 Å². The number of thiophene rings is 1. The molecule has 1 saturated heterocycles. The molecule has 9 heteroatoms. The molecule has 0 spiro atoms. The van der Waals surface area contributed by atoms with E-state index in [0.29, 0.717) is 11.0 Å². The van der Waals surface area contributed by atoms with Crippen LogP contribution in [0.3, 0.4) is 0 Å². The number of hydrogen-bond acceptors (Lipinski definition) is 5. The van der Waals surface area contributed by atoms with E-state index < -0.39 is 22.0 Å². The molecule has 1 fully saturated rings. The van der Waals surface area contributed by atoms with E-state index in [-0.39, 0.29) is 17.3 Å². The summed E-state index contributed by atoms with van der Waals surface area (Å²) in [5, 5.41) is 13.6. The lowest BCUT2D eigenvalue weighted by Crippen LogP contribution is -2.56. The summed E-state index contributed by atoms with van der Waals surface area (Å²) in [6, 6.07) is 0.577. The third-order valence-electron chi connectivity index (χ3n) is 2.61. The summed E-state index contributed by atoms with van der Waals surface area (Å²) in [6.07, 6.45) is 0. The van der Waals surface area contributed by atoms with E-state index in [1.165, 1.54) is 0 Å². The summed E-state index contributed by atoms with van der Waals surface area (Å²) in [7, 11) is -3.76. The van der Waals surface area contributed by atoms with Crippen LogP contribution in [0, 0.1) is 0 Å². The number of rotatable bonds is 3. The van der Waals surface area contributed by atoms with Gasteiger partial charge in [-0.05, 0) is 27.4 Å². The SMILES string of the molecule is O=C(O)C1CNCCN1S(=O)(=O)c1sccc1Br. The Hall–Kier alpha value is -0.480. The topological polar surface area (TPSA) is 86.7 Å². The van der Waals surface area contributed by atoms with Crippen LogP contribution in [0.2, 0.25) is 0 Å². The van der Waals surface area contributed by atoms with Crippen molar-refractivity contribution in [2.24, 2.45) is 0 Å². The molecule has 2 rings (SSSR count). The highest BCUT2D eigenvalue weighted by Crippen LogP contribution is 2.31. The van der Waals surface area contributed by atoms with Crippen LogP contribution in [-0.4, -0.2) is 49.5 Å². The quantitative estimate of drug-likeness (QED) is 0.827. The molecule has 100 valence electrons. The average Bonchev–Trinajstić information content (AvgIpc) is 2.76. The smallest absolute Gasteiger partial charge is 0.323 e. The predicted octanol–water partition coefficient (Wildman–Crippen LogP) is 0.558. The Balaban J connectivity index is 2.39. The number of nitrogens with zero attached hydrogens (tertiary/aromatic N) is 1. The van der Waals surface area contributed by atoms with Crippen LogP contribution in [0.15, 0.2) is 20.1 Å². The van der Waals surface area contributed by atoms with Gasteiger partial charge < -0.3 is 10.4 Å². The lowest BCUT2D eigenvalue weighted by atomic mass is 10.2. The minimum absolute atomic E-state index is 0.123. The molecule has 2 N–H and O–H groups in total. The van der Waals surface area contributed by atoms with Gasteiger partial charge in [-0.15, -0.1) is 11.3 Å². The van der Waals surface area contributed by atoms with Gasteiger partial charge in [0.05, 0.1) is 0 Å². The summed E-state index contributed by atoms with van der Waals surface area (Å²) in [6.45, 7) is 0.729. The minimum Gasteiger partial charge on any atom is -0.480 e. The molecule has 6 nitrogen and oxygen atoms in total. The van der Waals surface area contributed by atoms with Crippen LogP contribution in [0.1, 0.15) is 0 Å². The monoisotopic (exact) mass is 354 g/mol. The van der Waals surface area contributed by atoms with Crippen molar-refractivity contribution in [3.63, 3.8) is 0 Å². The first-order valence-electron chi connectivity index (χ1n) is 5.13. The number of carboxylic acid groups (broad SMARTS) is 1. The van der Waals surface area contributed by atoms with Crippen LogP contribution in [0.5, 0.6) is 0 Å². The molecule has 1 aromatic rings. The number of piperazine rings is 1. The van der Waals surface area contributed by atoms with Crippen molar-refractivity contribution >= 4 is 43.3 Å². The molecule has 1 atom stereocenters. The van der Waals surface area contributed by atoms with Gasteiger partial charge in [0.1, 0.15) is 10.3 Å². The number of hydrogen-bond donors (Lipinski definition) is 2. The van der Waals surface area contributed by atoms with Gasteiger partial charge in [-0.2, -0.15) is 4.31 Å². The van der Waals surface area contributed by atoms with E-state index in [2.05, 4.69) is 21.2 Å². The van der Waals surface area contributed by atoms with Gasteiger partial charge in [0.25, 0.3) is 10.0 Å². The third kappa shape index (κ3) is 2.45. The molecule has 0 aliphatic carbocycles. The van der Waals surface area contributed by atoms with Crippen molar-refractivity contribution in [2.75, 3.05) is 19.6 Å². The van der Waals surface area contributed by atoms with Crippen molar-refractivity contribution < 1.29 is 18.3 Å². The molecular formula is C9H11BrN2O4S2. The summed E-state index contributed by atoms with van der Waals surface area (Å²) in [4.78, 5) is 11.1. The highest BCUT2D eigenvalue weighted by molar-refractivity contribution is 9.10. The summed E-state index contributed by atoms with van der Waals surface area (Å²) in [5.41, 5.74) is 0. The summed E-state index contributed by atoms with van der Waals surface area (Å²) < 4.78 is 26.5. The zero-order chi connectivity index (χ0) is 13.3. The number of carboxylic acids is 1. The molecular weight excluding hydrogens is 344 g/mol. The molecule has 18 heavy (non-hydrogen) atoms. The fraction of sp³-hybridized carbons (Fsp3) is 0.444. The Morgan fingerprint density at radius 2 is 2.33 bits per heavy atom. The molecule has 1 unspecified atom stereocenters. The zero-order valence-electron chi connectivity index (χ0n) is 9.17. The fourth-order valence-corrected chi connectivity index (χ4v) is 5.76. The van der Waals surface area contributed by atoms with Crippen molar-refractivity contribution in [1.82, 2.24) is 9.62 Å². The predicted molar refractivity (Wildman–Crippen MR) is 70.2 cm³/mol. The molecule has 1 aliphatic rings. The van der Waals surface area contributed by atoms with E-state index in [1.807, 2.05) is 0 Å². The van der Waals surface area contributed by atoms with Crippen molar-refractivity contribution in [1.29, 1.82) is 0 Å². The molecule has 2 heterocycles. The van der Waals surface area contributed by atoms with Gasteiger partial charge >= 0.3 is 5.97 Å². The molecule has 1 aromatic heterocycles. The maximum atomic E-state index is 12.4. The first kappa shape index (κ1) is 13.9. The lowest BCUT2D eigenvalue weighted by Gasteiger charge is -2.32. The van der Waals surface area contributed by atoms with Crippen molar-refractivity contribution in [3.05, 3.63) is 15.9 Å². The van der Waals surface area contributed by atoms with Gasteiger partial charge in [0, 0.05) is 24.1 Å². The summed E-state index contributed by atoms with van der Waals surface area (Å²) >= 11 is 4.24. The van der Waals surface area contributed by atoms with E-state index in [4.69, 9.17) is 5.11 Å². The molecule has 0 amide bonds. The number of aliphatic carboxylic acids is 1. The molecule has 0 bridgehead atoms. The second-order valence-electron chi connectivity index (χ2n) is 3.73. The maximum absolute atomic E-state index is 12.4. The van der Waals surface area contributed by atoms with Gasteiger partial charge in [0.15, 0.2) is 0 Å². The van der Waals surface area contributed by atoms with Crippen LogP contribution in [-0.2, 0) is 14.8 Å². The second kappa shape index (κ2) is 5.25. The van der Waals surface area contributed by atoms with Crippen LogP contribution >= 0.6 is 27.3 Å². The second-order valence-corrected chi connectivity index (χ2v) is 7.59. The highest BCUT2D eigenvalue weighted by atomic mass is 79.9. The highest BCUT2D eigenvalue weighted by Gasteiger charge is 2.38. The fourth-order valence-electron chi connectivity index (χ4n) is 1.75. The van der Waals surface area contributed by atoms with Crippen LogP contribution in [0.25, 0.3) is 0 Å². The number of nitrogens with one attached hydrogen (secondary N) is 1. The zero-order valence-corrected chi connectivity index (χ0v) is 12.4. The van der Waals surface area contributed by atoms with E-state index in [1.54, 1.807) is 11.4 Å². The number of sulfonamides is 1. The van der Waals surface area contributed by atoms with Gasteiger partial charge in [0.2, 0.25) is 0 Å². The summed E-state index contributed by atoms with van der Waals surface area (Å²) in [5.74, 6) is -1.14. The maximum Gasteiger partial charge on any atom is 0.323 e. The minimum atomic E-state index is -3.76. The number of carbonyl (C=O) groups is 1. The largest absolute Gasteiger partial charge is 0.480 e. The van der Waals surface area contributed by atoms with E-state index in [9.17, 15) is 13.2 Å². The Morgan fingerprint density at radius 3 is 2.89 bits per heavy atom. The Kier molecular flexibility index (Phi) is 4.07. The Morgan fingerprint density at radius 1 is 1.61 bits per heavy atom. The first-order chi connectivity index (χ1) is 8.44. The van der Waals surface area contributed by atoms with Gasteiger partial charge in [-0.1, -0.05) is 0 Å². The Bertz CT molecular complexity index is 557. The molecule has 0 saturated carbocycles. The van der Waals surface area contributed by atoms with Crippen molar-refractivity contribution in [2.45, 2.75) is 10.3 Å². The number of halogens is 1. The van der Waals surface area contributed by atoms with Crippen LogP contribution < -0.4 is 5.32 Å². The van der Waals surface area contributed by atoms with E-state index in [0.717, 1.165) is 15.6 Å². The lowest BCUT2D eigenvalue weighted by molar-refractivity contribution is -0.141. The normalized spacial score (nSPS) is 21.9. The van der Waals surface area contributed by atoms with E-state index >= 15 is 0 Å².